The van der Waals surface area contributed by atoms with E-state index in [-0.39, 0.29) is 5.56 Å². The molecule has 0 unspecified atom stereocenters. The molecule has 20 heavy (non-hydrogen) atoms. The molecule has 2 aliphatic rings. The fourth-order valence-electron chi connectivity index (χ4n) is 2.92. The highest BCUT2D eigenvalue weighted by Gasteiger charge is 2.35. The molecule has 1 aromatic carbocycles. The predicted octanol–water partition coefficient (Wildman–Crippen LogP) is 1.84. The van der Waals surface area contributed by atoms with Crippen molar-refractivity contribution in [1.82, 2.24) is 4.90 Å². The Bertz CT molecular complexity index is 553. The summed E-state index contributed by atoms with van der Waals surface area (Å²) in [6.07, 6.45) is 3.64. The molecule has 0 bridgehead atoms. The zero-order chi connectivity index (χ0) is 14.1. The van der Waals surface area contributed by atoms with Gasteiger partial charge in [0.1, 0.15) is 5.82 Å². The summed E-state index contributed by atoms with van der Waals surface area (Å²) >= 11 is 0. The molecule has 0 radical (unpaired) electrons. The van der Waals surface area contributed by atoms with Gasteiger partial charge in [-0.2, -0.15) is 0 Å². The van der Waals surface area contributed by atoms with Gasteiger partial charge in [-0.1, -0.05) is 6.42 Å². The molecule has 1 aromatic rings. The highest BCUT2D eigenvalue weighted by atomic mass is 19.1. The van der Waals surface area contributed by atoms with E-state index in [1.54, 1.807) is 0 Å². The molecule has 0 saturated carbocycles. The van der Waals surface area contributed by atoms with Crippen LogP contribution < -0.4 is 4.90 Å². The number of rotatable bonds is 3. The normalized spacial score (nSPS) is 19.6. The van der Waals surface area contributed by atoms with E-state index in [9.17, 15) is 14.0 Å². The molecule has 0 atom stereocenters. The van der Waals surface area contributed by atoms with E-state index in [0.717, 1.165) is 25.7 Å². The van der Waals surface area contributed by atoms with Crippen molar-refractivity contribution >= 4 is 17.4 Å². The van der Waals surface area contributed by atoms with Crippen molar-refractivity contribution in [2.24, 2.45) is 0 Å². The third-order valence-corrected chi connectivity index (χ3v) is 4.02. The van der Waals surface area contributed by atoms with Gasteiger partial charge in [0.2, 0.25) is 0 Å². The van der Waals surface area contributed by atoms with Gasteiger partial charge in [0.15, 0.2) is 0 Å². The Kier molecular flexibility index (Phi) is 3.53. The van der Waals surface area contributed by atoms with Gasteiger partial charge in [0.05, 0.1) is 11.3 Å². The lowest BCUT2D eigenvalue weighted by atomic mass is 10.1. The quantitative estimate of drug-likeness (QED) is 0.791. The van der Waals surface area contributed by atoms with Crippen LogP contribution in [0.25, 0.3) is 0 Å². The second-order valence-electron chi connectivity index (χ2n) is 5.35. The smallest absolute Gasteiger partial charge is 0.299 e. The minimum Gasteiger partial charge on any atom is -0.303 e. The third-order valence-electron chi connectivity index (χ3n) is 4.02. The molecule has 0 aromatic heterocycles. The first kappa shape index (κ1) is 13.2. The SMILES string of the molecule is O=C1C(=O)N(CCN2CCCCC2)c2ccc(F)cc21. The van der Waals surface area contributed by atoms with Crippen LogP contribution in [0.1, 0.15) is 29.6 Å². The van der Waals surface area contributed by atoms with E-state index in [0.29, 0.717) is 12.2 Å². The number of Topliss-reactive ketones (excluding diaryl/α,β-unsaturated/α-hetero) is 1. The van der Waals surface area contributed by atoms with Crippen LogP contribution in [0.15, 0.2) is 18.2 Å². The van der Waals surface area contributed by atoms with Crippen LogP contribution in [0, 0.1) is 5.82 Å². The van der Waals surface area contributed by atoms with E-state index < -0.39 is 17.5 Å². The zero-order valence-corrected chi connectivity index (χ0v) is 11.3. The average Bonchev–Trinajstić information content (AvgIpc) is 2.70. The first-order chi connectivity index (χ1) is 9.66. The Labute approximate surface area is 117 Å². The topological polar surface area (TPSA) is 40.6 Å². The number of benzene rings is 1. The average molecular weight is 276 g/mol. The molecule has 1 fully saturated rings. The summed E-state index contributed by atoms with van der Waals surface area (Å²) in [7, 11) is 0. The minimum atomic E-state index is -0.599. The summed E-state index contributed by atoms with van der Waals surface area (Å²) in [4.78, 5) is 27.6. The fraction of sp³-hybridized carbons (Fsp3) is 0.467. The monoisotopic (exact) mass is 276 g/mol. The molecule has 5 heteroatoms. The van der Waals surface area contributed by atoms with Gasteiger partial charge in [-0.3, -0.25) is 9.59 Å². The lowest BCUT2D eigenvalue weighted by Crippen LogP contribution is -2.40. The summed E-state index contributed by atoms with van der Waals surface area (Å²) < 4.78 is 13.2. The van der Waals surface area contributed by atoms with Gasteiger partial charge in [0, 0.05) is 13.1 Å². The number of amides is 1. The van der Waals surface area contributed by atoms with Crippen LogP contribution in [0.3, 0.4) is 0 Å². The molecule has 4 nitrogen and oxygen atoms in total. The number of nitrogens with zero attached hydrogens (tertiary/aromatic N) is 2. The van der Waals surface area contributed by atoms with E-state index in [1.165, 1.54) is 36.3 Å². The Hall–Kier alpha value is -1.75. The number of hydrogen-bond acceptors (Lipinski definition) is 3. The third kappa shape index (κ3) is 2.33. The number of ketones is 1. The van der Waals surface area contributed by atoms with Gasteiger partial charge in [-0.25, -0.2) is 4.39 Å². The predicted molar refractivity (Wildman–Crippen MR) is 73.4 cm³/mol. The number of fused-ring (bicyclic) bond motifs is 1. The Morgan fingerprint density at radius 2 is 1.80 bits per heavy atom. The lowest BCUT2D eigenvalue weighted by molar-refractivity contribution is -0.114. The van der Waals surface area contributed by atoms with Crippen molar-refractivity contribution < 1.29 is 14.0 Å². The number of piperidine rings is 1. The maximum absolute atomic E-state index is 13.2. The first-order valence-corrected chi connectivity index (χ1v) is 7.05. The minimum absolute atomic E-state index is 0.189. The van der Waals surface area contributed by atoms with E-state index in [4.69, 9.17) is 0 Å². The highest BCUT2D eigenvalue weighted by Crippen LogP contribution is 2.29. The maximum Gasteiger partial charge on any atom is 0.299 e. The number of likely N-dealkylation sites (tertiary alicyclic amines) is 1. The molecule has 106 valence electrons. The van der Waals surface area contributed by atoms with Crippen LogP contribution in [0.2, 0.25) is 0 Å². The largest absolute Gasteiger partial charge is 0.303 e. The molecule has 0 spiro atoms. The Balaban J connectivity index is 1.74. The van der Waals surface area contributed by atoms with Gasteiger partial charge in [-0.05, 0) is 44.1 Å². The van der Waals surface area contributed by atoms with E-state index in [1.807, 2.05) is 0 Å². The molecule has 1 saturated heterocycles. The van der Waals surface area contributed by atoms with Gasteiger partial charge >= 0.3 is 0 Å². The van der Waals surface area contributed by atoms with Crippen LogP contribution >= 0.6 is 0 Å². The highest BCUT2D eigenvalue weighted by molar-refractivity contribution is 6.52. The van der Waals surface area contributed by atoms with Crippen molar-refractivity contribution in [1.29, 1.82) is 0 Å². The summed E-state index contributed by atoms with van der Waals surface area (Å²) in [5, 5.41) is 0. The molecular formula is C15H17FN2O2. The molecule has 1 amide bonds. The number of halogens is 1. The second kappa shape index (κ2) is 5.32. The number of hydrogen-bond donors (Lipinski definition) is 0. The summed E-state index contributed by atoms with van der Waals surface area (Å²) in [5.41, 5.74) is 0.729. The van der Waals surface area contributed by atoms with Gasteiger partial charge in [0.25, 0.3) is 11.7 Å². The first-order valence-electron chi connectivity index (χ1n) is 7.05. The number of anilines is 1. The molecular weight excluding hydrogens is 259 g/mol. The number of carbonyl (C=O) groups excluding carboxylic acids is 2. The maximum atomic E-state index is 13.2. The molecule has 3 rings (SSSR count). The van der Waals surface area contributed by atoms with Gasteiger partial charge in [-0.15, -0.1) is 0 Å². The number of carbonyl (C=O) groups is 2. The van der Waals surface area contributed by atoms with Crippen molar-refractivity contribution in [3.05, 3.63) is 29.6 Å². The Morgan fingerprint density at radius 3 is 2.55 bits per heavy atom. The fourth-order valence-corrected chi connectivity index (χ4v) is 2.92. The van der Waals surface area contributed by atoms with Crippen molar-refractivity contribution in [2.75, 3.05) is 31.1 Å². The molecule has 0 aliphatic carbocycles. The van der Waals surface area contributed by atoms with E-state index >= 15 is 0 Å². The summed E-state index contributed by atoms with van der Waals surface area (Å²) in [6.45, 7) is 3.34. The lowest BCUT2D eigenvalue weighted by Gasteiger charge is -2.28. The van der Waals surface area contributed by atoms with Crippen LogP contribution in [-0.2, 0) is 4.79 Å². The standard InChI is InChI=1S/C15H17FN2O2/c16-11-4-5-13-12(10-11)14(19)15(20)18(13)9-8-17-6-2-1-3-7-17/h4-5,10H,1-3,6-9H2. The van der Waals surface area contributed by atoms with Crippen LogP contribution in [0.4, 0.5) is 10.1 Å². The van der Waals surface area contributed by atoms with Crippen molar-refractivity contribution in [2.45, 2.75) is 19.3 Å². The van der Waals surface area contributed by atoms with Crippen molar-refractivity contribution in [3.8, 4) is 0 Å². The summed E-state index contributed by atoms with van der Waals surface area (Å²) in [5.74, 6) is -1.62. The zero-order valence-electron chi connectivity index (χ0n) is 11.3. The molecule has 2 heterocycles. The van der Waals surface area contributed by atoms with Crippen LogP contribution in [0.5, 0.6) is 0 Å². The summed E-state index contributed by atoms with van der Waals surface area (Å²) in [6, 6.07) is 3.96. The Morgan fingerprint density at radius 1 is 1.05 bits per heavy atom. The van der Waals surface area contributed by atoms with Gasteiger partial charge < -0.3 is 9.80 Å². The molecule has 0 N–H and O–H groups in total. The van der Waals surface area contributed by atoms with Crippen molar-refractivity contribution in [3.63, 3.8) is 0 Å². The second-order valence-corrected chi connectivity index (χ2v) is 5.35. The van der Waals surface area contributed by atoms with Crippen LogP contribution in [-0.4, -0.2) is 42.8 Å². The van der Waals surface area contributed by atoms with E-state index in [2.05, 4.69) is 4.90 Å². The molecule has 2 aliphatic heterocycles.